The molecule has 0 saturated carbocycles. The third kappa shape index (κ3) is 4.19. The molecule has 7 nitrogen and oxygen atoms in total. The smallest absolute Gasteiger partial charge is 0.265 e. The van der Waals surface area contributed by atoms with Crippen molar-refractivity contribution < 1.29 is 9.32 Å². The Bertz CT molecular complexity index is 899. The van der Waals surface area contributed by atoms with E-state index in [2.05, 4.69) is 32.7 Å². The quantitative estimate of drug-likeness (QED) is 0.694. The van der Waals surface area contributed by atoms with Gasteiger partial charge < -0.3 is 15.2 Å². The molecular formula is C18H20ClN5O2S. The van der Waals surface area contributed by atoms with Crippen LogP contribution in [-0.4, -0.2) is 47.6 Å². The molecule has 1 saturated heterocycles. The van der Waals surface area contributed by atoms with Crippen LogP contribution in [0, 0.1) is 0 Å². The van der Waals surface area contributed by atoms with E-state index in [4.69, 9.17) is 4.52 Å². The Hall–Kier alpha value is -2.26. The fraction of sp³-hybridized carbons (Fsp3) is 0.278. The summed E-state index contributed by atoms with van der Waals surface area (Å²) < 4.78 is 5.50. The number of hydrogen-bond acceptors (Lipinski definition) is 7. The molecule has 1 aliphatic heterocycles. The van der Waals surface area contributed by atoms with E-state index in [9.17, 15) is 4.79 Å². The van der Waals surface area contributed by atoms with Crippen molar-refractivity contribution >= 4 is 35.3 Å². The third-order valence-electron chi connectivity index (χ3n) is 4.40. The molecule has 1 aromatic carbocycles. The number of anilines is 1. The summed E-state index contributed by atoms with van der Waals surface area (Å²) in [5.74, 6) is 0.901. The zero-order chi connectivity index (χ0) is 17.9. The molecule has 4 rings (SSSR count). The summed E-state index contributed by atoms with van der Waals surface area (Å²) in [6.07, 6.45) is 0. The highest BCUT2D eigenvalue weighted by Crippen LogP contribution is 2.29. The second-order valence-corrected chi connectivity index (χ2v) is 7.08. The Balaban J connectivity index is 0.00000210. The van der Waals surface area contributed by atoms with Gasteiger partial charge in [-0.1, -0.05) is 23.4 Å². The molecule has 2 N–H and O–H groups in total. The lowest BCUT2D eigenvalue weighted by Gasteiger charge is -2.30. The largest absolute Gasteiger partial charge is 0.334 e. The first-order valence-corrected chi connectivity index (χ1v) is 9.29. The minimum absolute atomic E-state index is 0. The Kier molecular flexibility index (Phi) is 6.22. The average molecular weight is 406 g/mol. The number of amides is 1. The molecule has 1 amide bonds. The highest BCUT2D eigenvalue weighted by molar-refractivity contribution is 7.12. The van der Waals surface area contributed by atoms with Crippen molar-refractivity contribution in [2.24, 2.45) is 0 Å². The number of hydrogen-bond donors (Lipinski definition) is 2. The van der Waals surface area contributed by atoms with Crippen LogP contribution in [-0.2, 0) is 0 Å². The number of nitrogens with one attached hydrogen (secondary N) is 2. The second kappa shape index (κ2) is 8.62. The van der Waals surface area contributed by atoms with Gasteiger partial charge in [0.15, 0.2) is 5.82 Å². The molecule has 27 heavy (non-hydrogen) atoms. The van der Waals surface area contributed by atoms with Gasteiger partial charge in [0, 0.05) is 19.6 Å². The Morgan fingerprint density at radius 3 is 2.96 bits per heavy atom. The number of thiophene rings is 1. The minimum Gasteiger partial charge on any atom is -0.334 e. The number of aromatic nitrogens is 2. The third-order valence-corrected chi connectivity index (χ3v) is 5.27. The van der Waals surface area contributed by atoms with Crippen LogP contribution in [0.1, 0.15) is 21.5 Å². The summed E-state index contributed by atoms with van der Waals surface area (Å²) >= 11 is 1.40. The lowest BCUT2D eigenvalue weighted by atomic mass is 10.1. The number of halogens is 1. The number of likely N-dealkylation sites (N-methyl/N-ethyl adjacent to an activating group) is 1. The summed E-state index contributed by atoms with van der Waals surface area (Å²) in [5.41, 5.74) is 1.36. The number of carbonyl (C=O) groups excluding carboxylic acids is 1. The topological polar surface area (TPSA) is 83.3 Å². The predicted octanol–water partition coefficient (Wildman–Crippen LogP) is 3.05. The van der Waals surface area contributed by atoms with Gasteiger partial charge in [0.2, 0.25) is 0 Å². The van der Waals surface area contributed by atoms with Crippen LogP contribution >= 0.6 is 23.7 Å². The first kappa shape index (κ1) is 19.5. The van der Waals surface area contributed by atoms with Crippen LogP contribution in [0.15, 0.2) is 46.3 Å². The molecule has 0 radical (unpaired) electrons. The van der Waals surface area contributed by atoms with Crippen molar-refractivity contribution in [1.29, 1.82) is 0 Å². The van der Waals surface area contributed by atoms with Gasteiger partial charge in [0.05, 0.1) is 22.2 Å². The van der Waals surface area contributed by atoms with E-state index in [0.717, 1.165) is 19.6 Å². The fourth-order valence-electron chi connectivity index (χ4n) is 2.94. The molecule has 1 atom stereocenters. The molecular weight excluding hydrogens is 386 g/mol. The summed E-state index contributed by atoms with van der Waals surface area (Å²) in [5, 5.41) is 12.3. The molecule has 0 spiro atoms. The van der Waals surface area contributed by atoms with Crippen LogP contribution < -0.4 is 10.6 Å². The van der Waals surface area contributed by atoms with Crippen LogP contribution in [0.4, 0.5) is 5.69 Å². The molecule has 9 heteroatoms. The van der Waals surface area contributed by atoms with Crippen molar-refractivity contribution in [2.45, 2.75) is 6.04 Å². The Labute approximate surface area is 167 Å². The second-order valence-electron chi connectivity index (χ2n) is 6.14. The summed E-state index contributed by atoms with van der Waals surface area (Å²) in [7, 11) is 2.05. The molecule has 0 aliphatic carbocycles. The van der Waals surface area contributed by atoms with Crippen molar-refractivity contribution in [3.8, 4) is 11.5 Å². The fourth-order valence-corrected chi connectivity index (χ4v) is 3.56. The number of para-hydroxylation sites is 1. The first-order valence-electron chi connectivity index (χ1n) is 8.41. The number of benzene rings is 1. The number of carbonyl (C=O) groups is 1. The zero-order valence-corrected chi connectivity index (χ0v) is 16.3. The molecule has 1 unspecified atom stereocenters. The van der Waals surface area contributed by atoms with Gasteiger partial charge in [-0.25, -0.2) is 0 Å². The van der Waals surface area contributed by atoms with Crippen molar-refractivity contribution in [2.75, 3.05) is 32.0 Å². The van der Waals surface area contributed by atoms with Crippen molar-refractivity contribution in [3.05, 3.63) is 52.5 Å². The number of rotatable bonds is 4. The number of piperazine rings is 1. The van der Waals surface area contributed by atoms with E-state index >= 15 is 0 Å². The number of nitrogens with zero attached hydrogens (tertiary/aromatic N) is 3. The van der Waals surface area contributed by atoms with Gasteiger partial charge in [-0.05, 0) is 30.6 Å². The average Bonchev–Trinajstić information content (AvgIpc) is 3.35. The van der Waals surface area contributed by atoms with Crippen LogP contribution in [0.5, 0.6) is 0 Å². The van der Waals surface area contributed by atoms with E-state index in [0.29, 0.717) is 27.8 Å². The Morgan fingerprint density at radius 1 is 1.33 bits per heavy atom. The monoisotopic (exact) mass is 405 g/mol. The maximum Gasteiger partial charge on any atom is 0.265 e. The van der Waals surface area contributed by atoms with Gasteiger partial charge in [-0.3, -0.25) is 9.69 Å². The lowest BCUT2D eigenvalue weighted by molar-refractivity contribution is 0.103. The van der Waals surface area contributed by atoms with Crippen LogP contribution in [0.25, 0.3) is 11.5 Å². The molecule has 1 fully saturated rings. The molecule has 3 aromatic rings. The van der Waals surface area contributed by atoms with E-state index in [-0.39, 0.29) is 24.4 Å². The zero-order valence-electron chi connectivity index (χ0n) is 14.7. The molecule has 2 aromatic heterocycles. The van der Waals surface area contributed by atoms with Crippen molar-refractivity contribution in [3.63, 3.8) is 0 Å². The van der Waals surface area contributed by atoms with Crippen LogP contribution in [0.3, 0.4) is 0 Å². The summed E-state index contributed by atoms with van der Waals surface area (Å²) in [6, 6.07) is 11.2. The van der Waals surface area contributed by atoms with Crippen LogP contribution in [0.2, 0.25) is 0 Å². The summed E-state index contributed by atoms with van der Waals surface area (Å²) in [4.78, 5) is 19.8. The van der Waals surface area contributed by atoms with E-state index in [1.807, 2.05) is 35.7 Å². The van der Waals surface area contributed by atoms with E-state index < -0.39 is 0 Å². The standard InChI is InChI=1S/C18H19N5O2S.ClH/c1-23-9-8-19-11-14(23)16-21-18(25-22-16)12-5-2-3-6-13(12)20-17(24)15-7-4-10-26-15;/h2-7,10,14,19H,8-9,11H2,1H3,(H,20,24);1H. The normalized spacial score (nSPS) is 17.3. The van der Waals surface area contributed by atoms with Gasteiger partial charge in [-0.15, -0.1) is 23.7 Å². The highest BCUT2D eigenvalue weighted by atomic mass is 35.5. The predicted molar refractivity (Wildman–Crippen MR) is 107 cm³/mol. The van der Waals surface area contributed by atoms with Gasteiger partial charge in [0.1, 0.15) is 0 Å². The molecule has 0 bridgehead atoms. The SMILES string of the molecule is CN1CCNCC1c1noc(-c2ccccc2NC(=O)c2cccs2)n1.Cl. The first-order chi connectivity index (χ1) is 12.7. The van der Waals surface area contributed by atoms with E-state index in [1.54, 1.807) is 6.07 Å². The summed E-state index contributed by atoms with van der Waals surface area (Å²) in [6.45, 7) is 2.67. The molecule has 1 aliphatic rings. The van der Waals surface area contributed by atoms with Gasteiger partial charge in [0.25, 0.3) is 11.8 Å². The van der Waals surface area contributed by atoms with Gasteiger partial charge in [-0.2, -0.15) is 4.98 Å². The van der Waals surface area contributed by atoms with Crippen molar-refractivity contribution in [1.82, 2.24) is 20.4 Å². The highest BCUT2D eigenvalue weighted by Gasteiger charge is 2.26. The van der Waals surface area contributed by atoms with E-state index in [1.165, 1.54) is 11.3 Å². The maximum atomic E-state index is 12.4. The lowest BCUT2D eigenvalue weighted by Crippen LogP contribution is -2.44. The molecule has 142 valence electrons. The van der Waals surface area contributed by atoms with Gasteiger partial charge >= 0.3 is 0 Å². The minimum atomic E-state index is -0.150. The maximum absolute atomic E-state index is 12.4. The Morgan fingerprint density at radius 2 is 2.19 bits per heavy atom. The molecule has 3 heterocycles.